The molecule has 0 spiro atoms. The van der Waals surface area contributed by atoms with Crippen LogP contribution in [-0.4, -0.2) is 11.4 Å². The number of nitrogens with two attached hydrogens (primary N) is 2. The topological polar surface area (TPSA) is 69.1 Å². The molecule has 1 atom stereocenters. The Morgan fingerprint density at radius 1 is 1.40 bits per heavy atom. The predicted molar refractivity (Wildman–Crippen MR) is 62.0 cm³/mol. The van der Waals surface area contributed by atoms with E-state index in [1.165, 1.54) is 0 Å². The molecule has 1 amide bonds. The second kappa shape index (κ2) is 4.39. The number of amides is 1. The maximum atomic E-state index is 11.0. The molecule has 1 aromatic carbocycles. The van der Waals surface area contributed by atoms with Gasteiger partial charge in [-0.05, 0) is 31.0 Å². The van der Waals surface area contributed by atoms with Gasteiger partial charge in [-0.3, -0.25) is 4.79 Å². The van der Waals surface area contributed by atoms with Crippen molar-refractivity contribution in [1.82, 2.24) is 0 Å². The zero-order valence-electron chi connectivity index (χ0n) is 8.26. The molecule has 0 bridgehead atoms. The van der Waals surface area contributed by atoms with Crippen molar-refractivity contribution < 1.29 is 4.79 Å². The average molecular weight is 247 g/mol. The highest BCUT2D eigenvalue weighted by Gasteiger charge is 2.25. The maximum absolute atomic E-state index is 11.0. The molecular formula is C10H12Cl2N2O. The summed E-state index contributed by atoms with van der Waals surface area (Å²) in [5.74, 6) is -0.548. The lowest BCUT2D eigenvalue weighted by Crippen LogP contribution is -2.51. The monoisotopic (exact) mass is 246 g/mol. The highest BCUT2D eigenvalue weighted by atomic mass is 35.5. The second-order valence-corrected chi connectivity index (χ2v) is 4.52. The number of benzene rings is 1. The van der Waals surface area contributed by atoms with Gasteiger partial charge in [0.05, 0.1) is 15.6 Å². The Labute approximate surface area is 98.3 Å². The number of rotatable bonds is 3. The number of carbonyl (C=O) groups excluding carboxylic acids is 1. The van der Waals surface area contributed by atoms with E-state index in [0.29, 0.717) is 16.5 Å². The Morgan fingerprint density at radius 3 is 2.47 bits per heavy atom. The van der Waals surface area contributed by atoms with Gasteiger partial charge in [-0.2, -0.15) is 0 Å². The normalized spacial score (nSPS) is 14.7. The summed E-state index contributed by atoms with van der Waals surface area (Å²) in [6, 6.07) is 5.11. The van der Waals surface area contributed by atoms with E-state index >= 15 is 0 Å². The van der Waals surface area contributed by atoms with Gasteiger partial charge in [-0.1, -0.05) is 29.3 Å². The Balaban J connectivity index is 2.91. The van der Waals surface area contributed by atoms with Crippen LogP contribution in [-0.2, 0) is 11.2 Å². The molecule has 3 nitrogen and oxygen atoms in total. The minimum absolute atomic E-state index is 0.333. The van der Waals surface area contributed by atoms with Gasteiger partial charge in [0.1, 0.15) is 0 Å². The highest BCUT2D eigenvalue weighted by molar-refractivity contribution is 6.42. The SMILES string of the molecule is CC(N)(Cc1ccc(Cl)c(Cl)c1)C(N)=O. The van der Waals surface area contributed by atoms with Crippen molar-refractivity contribution in [3.8, 4) is 0 Å². The van der Waals surface area contributed by atoms with Gasteiger partial charge in [-0.25, -0.2) is 0 Å². The summed E-state index contributed by atoms with van der Waals surface area (Å²) in [7, 11) is 0. The summed E-state index contributed by atoms with van der Waals surface area (Å²) < 4.78 is 0. The summed E-state index contributed by atoms with van der Waals surface area (Å²) in [5, 5.41) is 0.910. The van der Waals surface area contributed by atoms with Crippen LogP contribution in [0, 0.1) is 0 Å². The lowest BCUT2D eigenvalue weighted by atomic mass is 9.93. The zero-order chi connectivity index (χ0) is 11.6. The molecule has 0 radical (unpaired) electrons. The molecular weight excluding hydrogens is 235 g/mol. The molecule has 15 heavy (non-hydrogen) atoms. The smallest absolute Gasteiger partial charge is 0.237 e. The standard InChI is InChI=1S/C10H12Cl2N2O/c1-10(14,9(13)15)5-6-2-3-7(11)8(12)4-6/h2-4H,5,14H2,1H3,(H2,13,15). The number of primary amides is 1. The largest absolute Gasteiger partial charge is 0.368 e. The predicted octanol–water partition coefficient (Wildman–Crippen LogP) is 1.74. The molecule has 1 aromatic rings. The molecule has 0 heterocycles. The van der Waals surface area contributed by atoms with Crippen molar-refractivity contribution in [1.29, 1.82) is 0 Å². The van der Waals surface area contributed by atoms with Gasteiger partial charge in [0.15, 0.2) is 0 Å². The van der Waals surface area contributed by atoms with Crippen molar-refractivity contribution in [2.45, 2.75) is 18.9 Å². The molecule has 0 aliphatic carbocycles. The Bertz CT molecular complexity index is 391. The van der Waals surface area contributed by atoms with E-state index in [9.17, 15) is 4.79 Å². The Kier molecular flexibility index (Phi) is 3.60. The lowest BCUT2D eigenvalue weighted by molar-refractivity contribution is -0.122. The third-order valence-corrected chi connectivity index (χ3v) is 2.86. The van der Waals surface area contributed by atoms with Crippen molar-refractivity contribution in [3.05, 3.63) is 33.8 Å². The van der Waals surface area contributed by atoms with E-state index in [-0.39, 0.29) is 0 Å². The van der Waals surface area contributed by atoms with Crippen molar-refractivity contribution in [2.24, 2.45) is 11.5 Å². The summed E-state index contributed by atoms with van der Waals surface area (Å²) >= 11 is 11.6. The van der Waals surface area contributed by atoms with Gasteiger partial charge < -0.3 is 11.5 Å². The van der Waals surface area contributed by atoms with Crippen LogP contribution in [0.1, 0.15) is 12.5 Å². The van der Waals surface area contributed by atoms with Crippen LogP contribution in [0.3, 0.4) is 0 Å². The third-order valence-electron chi connectivity index (χ3n) is 2.12. The van der Waals surface area contributed by atoms with Crippen molar-refractivity contribution in [2.75, 3.05) is 0 Å². The Hall–Kier alpha value is -0.770. The fourth-order valence-electron chi connectivity index (χ4n) is 1.16. The van der Waals surface area contributed by atoms with Gasteiger partial charge in [0, 0.05) is 0 Å². The fourth-order valence-corrected chi connectivity index (χ4v) is 1.48. The van der Waals surface area contributed by atoms with E-state index in [1.807, 2.05) is 0 Å². The first-order valence-electron chi connectivity index (χ1n) is 4.35. The van der Waals surface area contributed by atoms with Gasteiger partial charge in [0.25, 0.3) is 0 Å². The molecule has 1 unspecified atom stereocenters. The quantitative estimate of drug-likeness (QED) is 0.854. The molecule has 82 valence electrons. The van der Waals surface area contributed by atoms with E-state index in [4.69, 9.17) is 34.7 Å². The number of hydrogen-bond acceptors (Lipinski definition) is 2. The van der Waals surface area contributed by atoms with Gasteiger partial charge >= 0.3 is 0 Å². The molecule has 0 aliphatic heterocycles. The van der Waals surface area contributed by atoms with Crippen molar-refractivity contribution in [3.63, 3.8) is 0 Å². The molecule has 0 fully saturated rings. The molecule has 0 saturated carbocycles. The molecule has 0 aromatic heterocycles. The van der Waals surface area contributed by atoms with E-state index in [1.54, 1.807) is 25.1 Å². The minimum atomic E-state index is -1.07. The number of carbonyl (C=O) groups is 1. The minimum Gasteiger partial charge on any atom is -0.368 e. The molecule has 4 N–H and O–H groups in total. The first kappa shape index (κ1) is 12.3. The molecule has 1 rings (SSSR count). The third kappa shape index (κ3) is 3.09. The molecule has 0 saturated heterocycles. The summed E-state index contributed by atoms with van der Waals surface area (Å²) in [4.78, 5) is 11.0. The van der Waals surface area contributed by atoms with Crippen LogP contribution in [0.5, 0.6) is 0 Å². The van der Waals surface area contributed by atoms with E-state index in [0.717, 1.165) is 5.56 Å². The van der Waals surface area contributed by atoms with Crippen LogP contribution in [0.4, 0.5) is 0 Å². The van der Waals surface area contributed by atoms with Crippen LogP contribution in [0.15, 0.2) is 18.2 Å². The molecule has 5 heteroatoms. The Morgan fingerprint density at radius 2 is 2.00 bits per heavy atom. The highest BCUT2D eigenvalue weighted by Crippen LogP contribution is 2.24. The lowest BCUT2D eigenvalue weighted by Gasteiger charge is -2.20. The number of hydrogen-bond donors (Lipinski definition) is 2. The average Bonchev–Trinajstić information content (AvgIpc) is 2.10. The second-order valence-electron chi connectivity index (χ2n) is 3.71. The van der Waals surface area contributed by atoms with E-state index in [2.05, 4.69) is 0 Å². The first-order valence-corrected chi connectivity index (χ1v) is 5.11. The van der Waals surface area contributed by atoms with Crippen molar-refractivity contribution >= 4 is 29.1 Å². The van der Waals surface area contributed by atoms with Crippen LogP contribution < -0.4 is 11.5 Å². The van der Waals surface area contributed by atoms with Gasteiger partial charge in [0.2, 0.25) is 5.91 Å². The number of halogens is 2. The van der Waals surface area contributed by atoms with Crippen LogP contribution in [0.25, 0.3) is 0 Å². The zero-order valence-corrected chi connectivity index (χ0v) is 9.77. The van der Waals surface area contributed by atoms with Crippen LogP contribution in [0.2, 0.25) is 10.0 Å². The summed E-state index contributed by atoms with van der Waals surface area (Å²) in [6.07, 6.45) is 0.333. The van der Waals surface area contributed by atoms with E-state index < -0.39 is 11.4 Å². The summed E-state index contributed by atoms with van der Waals surface area (Å²) in [6.45, 7) is 1.58. The molecule has 0 aliphatic rings. The van der Waals surface area contributed by atoms with Gasteiger partial charge in [-0.15, -0.1) is 0 Å². The first-order chi connectivity index (χ1) is 6.83. The fraction of sp³-hybridized carbons (Fsp3) is 0.300. The van der Waals surface area contributed by atoms with Crippen LogP contribution >= 0.6 is 23.2 Å². The summed E-state index contributed by atoms with van der Waals surface area (Å²) in [5.41, 5.74) is 10.6. The maximum Gasteiger partial charge on any atom is 0.237 e.